The summed E-state index contributed by atoms with van der Waals surface area (Å²) in [7, 11) is 3.25. The number of nitrogens with zero attached hydrogens (tertiary/aromatic N) is 2. The van der Waals surface area contributed by atoms with E-state index in [1.807, 2.05) is 18.2 Å². The number of halogens is 1. The van der Waals surface area contributed by atoms with E-state index >= 15 is 0 Å². The highest BCUT2D eigenvalue weighted by Gasteiger charge is 2.61. The van der Waals surface area contributed by atoms with Gasteiger partial charge in [0.05, 0.1) is 12.6 Å². The van der Waals surface area contributed by atoms with Crippen molar-refractivity contribution in [1.82, 2.24) is 4.90 Å². The minimum Gasteiger partial charge on any atom is -0.497 e. The molecular formula is C22H25FN2O3. The summed E-state index contributed by atoms with van der Waals surface area (Å²) in [5.74, 6) is 0.429. The number of amides is 1. The molecule has 1 spiro atoms. The molecule has 2 fully saturated rings. The van der Waals surface area contributed by atoms with Crippen molar-refractivity contribution < 1.29 is 18.7 Å². The Morgan fingerprint density at radius 2 is 1.86 bits per heavy atom. The average Bonchev–Trinajstić information content (AvgIpc) is 2.70. The van der Waals surface area contributed by atoms with Crippen molar-refractivity contribution in [2.75, 3.05) is 32.2 Å². The maximum absolute atomic E-state index is 13.7. The summed E-state index contributed by atoms with van der Waals surface area (Å²) in [4.78, 5) is 16.8. The standard InChI is InChI=1S/C22H25FN2O3/c1-27-19-8-3-5-16(13-19)15-24-11-9-22(10-12-24)20(28-2)21(26)25(22)18-7-4-6-17(23)14-18/h3-8,13-14,20H,9-12,15H2,1-2H3. The molecule has 0 bridgehead atoms. The lowest BCUT2D eigenvalue weighted by atomic mass is 9.72. The van der Waals surface area contributed by atoms with Crippen molar-refractivity contribution in [2.24, 2.45) is 0 Å². The van der Waals surface area contributed by atoms with Gasteiger partial charge in [0.25, 0.3) is 5.91 Å². The van der Waals surface area contributed by atoms with Gasteiger partial charge in [-0.05, 0) is 48.7 Å². The summed E-state index contributed by atoms with van der Waals surface area (Å²) in [6.07, 6.45) is 1.12. The second-order valence-electron chi connectivity index (χ2n) is 7.50. The van der Waals surface area contributed by atoms with E-state index in [0.717, 1.165) is 38.2 Å². The Morgan fingerprint density at radius 3 is 2.54 bits per heavy atom. The number of rotatable bonds is 5. The van der Waals surface area contributed by atoms with Crippen LogP contribution in [0.25, 0.3) is 0 Å². The molecule has 0 aliphatic carbocycles. The molecule has 0 aromatic heterocycles. The number of anilines is 1. The maximum Gasteiger partial charge on any atom is 0.259 e. The van der Waals surface area contributed by atoms with Crippen molar-refractivity contribution in [3.63, 3.8) is 0 Å². The third-order valence-electron chi connectivity index (χ3n) is 5.94. The number of likely N-dealkylation sites (tertiary alicyclic amines) is 1. The fraction of sp³-hybridized carbons (Fsp3) is 0.409. The molecule has 6 heteroatoms. The topological polar surface area (TPSA) is 42.0 Å². The van der Waals surface area contributed by atoms with Crippen LogP contribution in [-0.2, 0) is 16.1 Å². The van der Waals surface area contributed by atoms with Gasteiger partial charge in [0.1, 0.15) is 11.6 Å². The lowest BCUT2D eigenvalue weighted by molar-refractivity contribution is -0.151. The first kappa shape index (κ1) is 18.9. The molecule has 2 aliphatic rings. The van der Waals surface area contributed by atoms with Gasteiger partial charge in [-0.15, -0.1) is 0 Å². The Balaban J connectivity index is 1.49. The molecule has 1 unspecified atom stereocenters. The number of carbonyl (C=O) groups excluding carboxylic acids is 1. The smallest absolute Gasteiger partial charge is 0.259 e. The van der Waals surface area contributed by atoms with E-state index in [2.05, 4.69) is 11.0 Å². The molecule has 5 nitrogen and oxygen atoms in total. The molecule has 2 aromatic carbocycles. The van der Waals surface area contributed by atoms with Crippen molar-refractivity contribution in [2.45, 2.75) is 31.0 Å². The molecule has 0 N–H and O–H groups in total. The van der Waals surface area contributed by atoms with Crippen LogP contribution in [0, 0.1) is 5.82 Å². The molecule has 2 aromatic rings. The lowest BCUT2D eigenvalue weighted by Crippen LogP contribution is -2.77. The van der Waals surface area contributed by atoms with Crippen LogP contribution >= 0.6 is 0 Å². The van der Waals surface area contributed by atoms with Gasteiger partial charge in [-0.25, -0.2) is 4.39 Å². The quantitative estimate of drug-likeness (QED) is 0.743. The summed E-state index contributed by atoms with van der Waals surface area (Å²) in [6, 6.07) is 14.3. The van der Waals surface area contributed by atoms with Gasteiger partial charge in [-0.2, -0.15) is 0 Å². The number of methoxy groups -OCH3 is 2. The third kappa shape index (κ3) is 3.16. The zero-order valence-corrected chi connectivity index (χ0v) is 16.2. The van der Waals surface area contributed by atoms with Crippen molar-refractivity contribution >= 4 is 11.6 Å². The minimum atomic E-state index is -0.463. The normalized spacial score (nSPS) is 21.6. The summed E-state index contributed by atoms with van der Waals surface area (Å²) in [5, 5.41) is 0. The predicted octanol–water partition coefficient (Wildman–Crippen LogP) is 3.23. The average molecular weight is 384 g/mol. The number of hydrogen-bond acceptors (Lipinski definition) is 4. The number of piperidine rings is 1. The first-order chi connectivity index (χ1) is 13.6. The Kier molecular flexibility index (Phi) is 5.08. The van der Waals surface area contributed by atoms with E-state index in [1.165, 1.54) is 17.7 Å². The molecule has 1 atom stereocenters. The fourth-order valence-corrected chi connectivity index (χ4v) is 4.55. The van der Waals surface area contributed by atoms with Crippen LogP contribution in [0.5, 0.6) is 5.75 Å². The van der Waals surface area contributed by atoms with Crippen LogP contribution in [0.15, 0.2) is 48.5 Å². The molecule has 148 valence electrons. The van der Waals surface area contributed by atoms with Gasteiger partial charge in [0.15, 0.2) is 6.10 Å². The number of carbonyl (C=O) groups is 1. The Hall–Kier alpha value is -2.44. The minimum absolute atomic E-state index is 0.0886. The zero-order valence-electron chi connectivity index (χ0n) is 16.2. The van der Waals surface area contributed by atoms with Crippen molar-refractivity contribution in [1.29, 1.82) is 0 Å². The molecule has 1 amide bonds. The first-order valence-corrected chi connectivity index (χ1v) is 9.55. The van der Waals surface area contributed by atoms with E-state index in [9.17, 15) is 9.18 Å². The lowest BCUT2D eigenvalue weighted by Gasteiger charge is -2.59. The second kappa shape index (κ2) is 7.53. The SMILES string of the molecule is COc1cccc(CN2CCC3(CC2)C(OC)C(=O)N3c2cccc(F)c2)c1. The fourth-order valence-electron chi connectivity index (χ4n) is 4.55. The highest BCUT2D eigenvalue weighted by atomic mass is 19.1. The van der Waals surface area contributed by atoms with Crippen molar-refractivity contribution in [3.05, 3.63) is 59.9 Å². The Morgan fingerprint density at radius 1 is 1.11 bits per heavy atom. The summed E-state index contributed by atoms with van der Waals surface area (Å²) in [5.41, 5.74) is 1.41. The van der Waals surface area contributed by atoms with Gasteiger partial charge >= 0.3 is 0 Å². The van der Waals surface area contributed by atoms with Crippen LogP contribution in [0.4, 0.5) is 10.1 Å². The van der Waals surface area contributed by atoms with E-state index in [0.29, 0.717) is 5.69 Å². The van der Waals surface area contributed by atoms with Crippen LogP contribution in [-0.4, -0.2) is 49.8 Å². The van der Waals surface area contributed by atoms with E-state index in [1.54, 1.807) is 31.3 Å². The third-order valence-corrected chi connectivity index (χ3v) is 5.94. The number of benzene rings is 2. The van der Waals surface area contributed by atoms with Crippen LogP contribution in [0.1, 0.15) is 18.4 Å². The van der Waals surface area contributed by atoms with Gasteiger partial charge < -0.3 is 14.4 Å². The van der Waals surface area contributed by atoms with E-state index in [4.69, 9.17) is 9.47 Å². The Labute approximate surface area is 164 Å². The van der Waals surface area contributed by atoms with E-state index < -0.39 is 11.6 Å². The highest BCUT2D eigenvalue weighted by molar-refractivity contribution is 6.06. The molecule has 28 heavy (non-hydrogen) atoms. The number of ether oxygens (including phenoxy) is 2. The molecule has 2 saturated heterocycles. The van der Waals surface area contributed by atoms with Gasteiger partial charge in [-0.1, -0.05) is 18.2 Å². The molecule has 4 rings (SSSR count). The first-order valence-electron chi connectivity index (χ1n) is 9.55. The number of β-lactam (4-membered cyclic amide) rings is 1. The maximum atomic E-state index is 13.7. The largest absolute Gasteiger partial charge is 0.497 e. The van der Waals surface area contributed by atoms with Crippen molar-refractivity contribution in [3.8, 4) is 5.75 Å². The Bertz CT molecular complexity index is 864. The molecule has 2 heterocycles. The van der Waals surface area contributed by atoms with Crippen LogP contribution in [0.3, 0.4) is 0 Å². The monoisotopic (exact) mass is 384 g/mol. The van der Waals surface area contributed by atoms with Gasteiger partial charge in [-0.3, -0.25) is 9.69 Å². The molecule has 2 aliphatic heterocycles. The summed E-state index contributed by atoms with van der Waals surface area (Å²) in [6.45, 7) is 2.52. The predicted molar refractivity (Wildman–Crippen MR) is 105 cm³/mol. The van der Waals surface area contributed by atoms with Crippen LogP contribution < -0.4 is 9.64 Å². The highest BCUT2D eigenvalue weighted by Crippen LogP contribution is 2.45. The molecule has 0 saturated carbocycles. The number of hydrogen-bond donors (Lipinski definition) is 0. The van der Waals surface area contributed by atoms with Gasteiger partial charge in [0.2, 0.25) is 0 Å². The van der Waals surface area contributed by atoms with E-state index in [-0.39, 0.29) is 11.7 Å². The van der Waals surface area contributed by atoms with Crippen LogP contribution in [0.2, 0.25) is 0 Å². The summed E-state index contributed by atoms with van der Waals surface area (Å²) >= 11 is 0. The molecular weight excluding hydrogens is 359 g/mol. The molecule has 0 radical (unpaired) electrons. The van der Waals surface area contributed by atoms with Gasteiger partial charge in [0, 0.05) is 32.4 Å². The second-order valence-corrected chi connectivity index (χ2v) is 7.50. The summed E-state index contributed by atoms with van der Waals surface area (Å²) < 4.78 is 24.6. The zero-order chi connectivity index (χ0) is 19.7.